The van der Waals surface area contributed by atoms with Gasteiger partial charge in [0, 0.05) is 18.7 Å². The Morgan fingerprint density at radius 3 is 2.72 bits per heavy atom. The Kier molecular flexibility index (Phi) is 4.82. The fraction of sp³-hybridized carbons (Fsp3) is 0.500. The molecule has 0 aliphatic carbocycles. The fourth-order valence-corrected chi connectivity index (χ4v) is 5.26. The number of nitrogens with zero attached hydrogens (tertiary/aromatic N) is 1. The minimum absolute atomic E-state index is 0.0474. The van der Waals surface area contributed by atoms with Gasteiger partial charge in [-0.15, -0.1) is 11.8 Å². The number of thioether (sulfide) groups is 1. The molecule has 0 saturated carbocycles. The number of hydrogen-bond acceptors (Lipinski definition) is 5. The average molecular weight is 383 g/mol. The molecule has 2 saturated heterocycles. The highest BCUT2D eigenvalue weighted by Crippen LogP contribution is 2.47. The molecule has 3 rings (SSSR count). The number of nitrogens with two attached hydrogens (primary N) is 1. The number of sulfonamides is 1. The molecule has 2 atom stereocenters. The van der Waals surface area contributed by atoms with Gasteiger partial charge in [-0.3, -0.25) is 9.59 Å². The van der Waals surface area contributed by atoms with Crippen molar-refractivity contribution in [3.05, 3.63) is 29.8 Å². The van der Waals surface area contributed by atoms with Crippen LogP contribution in [0, 0.1) is 0 Å². The summed E-state index contributed by atoms with van der Waals surface area (Å²) >= 11 is 1.66. The van der Waals surface area contributed by atoms with Gasteiger partial charge in [0.1, 0.15) is 6.04 Å². The molecule has 2 aliphatic heterocycles. The number of nitrogens with one attached hydrogen (secondary N) is 1. The maximum atomic E-state index is 12.4. The standard InChI is InChI=1S/C16H21N3O4S2/c1-16-8-6-14(20)19(16)13(10-24-16)15(21)18-9-7-11-2-4-12(5-3-11)25(17,22)23/h2-5,13H,6-10H2,1H3,(H,18,21)(H2,17,22,23)/t13-,16-/m1/s1. The third-order valence-electron chi connectivity index (χ3n) is 4.71. The average Bonchev–Trinajstić information content (AvgIpc) is 3.04. The van der Waals surface area contributed by atoms with Crippen LogP contribution < -0.4 is 10.5 Å². The Bertz CT molecular complexity index is 794. The van der Waals surface area contributed by atoms with Crippen LogP contribution in [0.3, 0.4) is 0 Å². The predicted molar refractivity (Wildman–Crippen MR) is 95.3 cm³/mol. The molecular weight excluding hydrogens is 362 g/mol. The zero-order valence-electron chi connectivity index (χ0n) is 13.9. The summed E-state index contributed by atoms with van der Waals surface area (Å²) in [5.41, 5.74) is 0.899. The van der Waals surface area contributed by atoms with Crippen LogP contribution in [0.5, 0.6) is 0 Å². The Morgan fingerprint density at radius 1 is 1.40 bits per heavy atom. The van der Waals surface area contributed by atoms with Crippen molar-refractivity contribution in [1.82, 2.24) is 10.2 Å². The molecule has 0 radical (unpaired) electrons. The molecule has 3 N–H and O–H groups in total. The van der Waals surface area contributed by atoms with Gasteiger partial charge in [0.15, 0.2) is 0 Å². The normalized spacial score (nSPS) is 25.9. The van der Waals surface area contributed by atoms with E-state index >= 15 is 0 Å². The summed E-state index contributed by atoms with van der Waals surface area (Å²) in [6, 6.07) is 5.86. The number of hydrogen-bond donors (Lipinski definition) is 2. The van der Waals surface area contributed by atoms with E-state index < -0.39 is 16.1 Å². The van der Waals surface area contributed by atoms with Crippen molar-refractivity contribution in [1.29, 1.82) is 0 Å². The second kappa shape index (κ2) is 6.62. The van der Waals surface area contributed by atoms with E-state index in [9.17, 15) is 18.0 Å². The molecule has 25 heavy (non-hydrogen) atoms. The van der Waals surface area contributed by atoms with Gasteiger partial charge in [-0.1, -0.05) is 12.1 Å². The summed E-state index contributed by atoms with van der Waals surface area (Å²) in [4.78, 5) is 26.0. The highest BCUT2D eigenvalue weighted by atomic mass is 32.2. The van der Waals surface area contributed by atoms with E-state index in [2.05, 4.69) is 5.32 Å². The van der Waals surface area contributed by atoms with Crippen molar-refractivity contribution < 1.29 is 18.0 Å². The predicted octanol–water partition coefficient (Wildman–Crippen LogP) is 0.447. The van der Waals surface area contributed by atoms with Crippen molar-refractivity contribution in [3.63, 3.8) is 0 Å². The molecule has 1 aromatic carbocycles. The van der Waals surface area contributed by atoms with Crippen molar-refractivity contribution in [2.75, 3.05) is 12.3 Å². The summed E-state index contributed by atoms with van der Waals surface area (Å²) < 4.78 is 22.4. The molecule has 7 nitrogen and oxygen atoms in total. The van der Waals surface area contributed by atoms with Crippen molar-refractivity contribution in [2.45, 2.75) is 42.0 Å². The molecule has 2 aliphatic rings. The summed E-state index contributed by atoms with van der Waals surface area (Å²) in [5, 5.41) is 7.94. The first-order valence-electron chi connectivity index (χ1n) is 8.06. The van der Waals surface area contributed by atoms with E-state index in [-0.39, 0.29) is 21.6 Å². The first kappa shape index (κ1) is 18.2. The van der Waals surface area contributed by atoms with Gasteiger partial charge in [-0.25, -0.2) is 13.6 Å². The highest BCUT2D eigenvalue weighted by Gasteiger charge is 2.52. The van der Waals surface area contributed by atoms with Gasteiger partial charge >= 0.3 is 0 Å². The second-order valence-electron chi connectivity index (χ2n) is 6.50. The van der Waals surface area contributed by atoms with Gasteiger partial charge in [0.2, 0.25) is 21.8 Å². The zero-order chi connectivity index (χ0) is 18.2. The van der Waals surface area contributed by atoms with Crippen molar-refractivity contribution in [2.24, 2.45) is 5.14 Å². The Morgan fingerprint density at radius 2 is 2.08 bits per heavy atom. The molecule has 2 heterocycles. The van der Waals surface area contributed by atoms with Crippen LogP contribution in [0.15, 0.2) is 29.2 Å². The molecule has 2 fully saturated rings. The highest BCUT2D eigenvalue weighted by molar-refractivity contribution is 8.01. The fourth-order valence-electron chi connectivity index (χ4n) is 3.31. The van der Waals surface area contributed by atoms with Crippen LogP contribution in [-0.2, 0) is 26.0 Å². The Hall–Kier alpha value is -1.58. The molecule has 0 unspecified atom stereocenters. The molecule has 9 heteroatoms. The third kappa shape index (κ3) is 3.68. The van der Waals surface area contributed by atoms with Gasteiger partial charge in [0.05, 0.1) is 9.77 Å². The van der Waals surface area contributed by atoms with E-state index in [1.165, 1.54) is 12.1 Å². The largest absolute Gasteiger partial charge is 0.354 e. The van der Waals surface area contributed by atoms with Gasteiger partial charge in [-0.2, -0.15) is 0 Å². The molecule has 0 bridgehead atoms. The van der Waals surface area contributed by atoms with Crippen LogP contribution in [0.4, 0.5) is 0 Å². The molecule has 0 aromatic heterocycles. The van der Waals surface area contributed by atoms with Gasteiger partial charge in [0.25, 0.3) is 0 Å². The minimum atomic E-state index is -3.69. The number of fused-ring (bicyclic) bond motifs is 1. The maximum Gasteiger partial charge on any atom is 0.243 e. The van der Waals surface area contributed by atoms with Gasteiger partial charge < -0.3 is 10.2 Å². The topological polar surface area (TPSA) is 110 Å². The summed E-state index contributed by atoms with van der Waals surface area (Å²) in [6.45, 7) is 2.44. The van der Waals surface area contributed by atoms with E-state index in [4.69, 9.17) is 5.14 Å². The SMILES string of the molecule is C[C@@]12CCC(=O)N1[C@@H](C(=O)NCCc1ccc(S(N)(=O)=O)cc1)CS2. The number of rotatable bonds is 5. The zero-order valence-corrected chi connectivity index (χ0v) is 15.5. The quantitative estimate of drug-likeness (QED) is 0.767. The van der Waals surface area contributed by atoms with Crippen LogP contribution in [0.25, 0.3) is 0 Å². The lowest BCUT2D eigenvalue weighted by Crippen LogP contribution is -2.50. The minimum Gasteiger partial charge on any atom is -0.354 e. The lowest BCUT2D eigenvalue weighted by molar-refractivity contribution is -0.137. The molecule has 0 spiro atoms. The number of carbonyl (C=O) groups is 2. The lowest BCUT2D eigenvalue weighted by atomic mass is 10.1. The van der Waals surface area contributed by atoms with E-state index in [1.807, 2.05) is 6.92 Å². The monoisotopic (exact) mass is 383 g/mol. The smallest absolute Gasteiger partial charge is 0.243 e. The van der Waals surface area contributed by atoms with Crippen LogP contribution >= 0.6 is 11.8 Å². The van der Waals surface area contributed by atoms with E-state index in [0.29, 0.717) is 25.1 Å². The lowest BCUT2D eigenvalue weighted by Gasteiger charge is -2.29. The van der Waals surface area contributed by atoms with Crippen LogP contribution in [-0.4, -0.2) is 48.3 Å². The molecular formula is C16H21N3O4S2. The first-order valence-corrected chi connectivity index (χ1v) is 10.6. The number of amides is 2. The number of carbonyl (C=O) groups excluding carboxylic acids is 2. The third-order valence-corrected chi connectivity index (χ3v) is 7.15. The number of primary sulfonamides is 1. The first-order chi connectivity index (χ1) is 11.7. The van der Waals surface area contributed by atoms with Crippen LogP contribution in [0.2, 0.25) is 0 Å². The Labute approximate surface area is 151 Å². The summed E-state index contributed by atoms with van der Waals surface area (Å²) in [5.74, 6) is 0.538. The summed E-state index contributed by atoms with van der Waals surface area (Å²) in [7, 11) is -3.69. The Balaban J connectivity index is 1.54. The van der Waals surface area contributed by atoms with Crippen molar-refractivity contribution in [3.8, 4) is 0 Å². The maximum absolute atomic E-state index is 12.4. The second-order valence-corrected chi connectivity index (χ2v) is 9.56. The van der Waals surface area contributed by atoms with E-state index in [1.54, 1.807) is 28.8 Å². The summed E-state index contributed by atoms with van der Waals surface area (Å²) in [6.07, 6.45) is 1.86. The molecule has 136 valence electrons. The van der Waals surface area contributed by atoms with E-state index in [0.717, 1.165) is 12.0 Å². The molecule has 2 amide bonds. The van der Waals surface area contributed by atoms with Crippen molar-refractivity contribution >= 4 is 33.6 Å². The molecule has 1 aromatic rings. The van der Waals surface area contributed by atoms with Crippen LogP contribution in [0.1, 0.15) is 25.3 Å². The number of benzene rings is 1. The van der Waals surface area contributed by atoms with Gasteiger partial charge in [-0.05, 0) is 37.5 Å².